The molecule has 2 amide bonds. The van der Waals surface area contributed by atoms with Crippen molar-refractivity contribution < 1.29 is 14.4 Å². The van der Waals surface area contributed by atoms with Crippen molar-refractivity contribution in [1.82, 2.24) is 15.2 Å². The van der Waals surface area contributed by atoms with E-state index in [1.54, 1.807) is 24.0 Å². The highest BCUT2D eigenvalue weighted by molar-refractivity contribution is 6.30. The number of carbonyl (C=O) groups is 3. The lowest BCUT2D eigenvalue weighted by atomic mass is 9.84. The maximum absolute atomic E-state index is 13.0. The molecular weight excluding hydrogens is 548 g/mol. The van der Waals surface area contributed by atoms with E-state index in [1.165, 1.54) is 12.5 Å². The van der Waals surface area contributed by atoms with E-state index in [4.69, 9.17) is 17.3 Å². The standard InChI is InChI=1S/C27H34ClN3O3.C7H9N/c1-7-19-14-20(28)9-10-22(19)25-15-21(16-27(5,6)11-12-32)30-23(13-17(3)26(29)34)24(8-2)31(25)18(4)33;1-2-7-3-5-8-6-4-7/h8-10,12-15,25,30H,2,7,11,16H2,1,3-6H3,(H2,29,34);3-6H,2H2,1H3/b17-13+;. The number of aromatic nitrogens is 1. The highest BCUT2D eigenvalue weighted by Gasteiger charge is 2.31. The number of nitrogens with two attached hydrogens (primary N) is 1. The van der Waals surface area contributed by atoms with Crippen LogP contribution in [0.5, 0.6) is 0 Å². The van der Waals surface area contributed by atoms with Crippen molar-refractivity contribution in [3.05, 3.63) is 112 Å². The lowest BCUT2D eigenvalue weighted by Crippen LogP contribution is -2.32. The zero-order valence-electron chi connectivity index (χ0n) is 25.5. The maximum Gasteiger partial charge on any atom is 0.244 e. The van der Waals surface area contributed by atoms with Crippen LogP contribution in [-0.2, 0) is 27.2 Å². The van der Waals surface area contributed by atoms with Crippen LogP contribution >= 0.6 is 11.6 Å². The number of hydrogen-bond donors (Lipinski definition) is 2. The van der Waals surface area contributed by atoms with E-state index in [1.807, 2.05) is 69.6 Å². The minimum absolute atomic E-state index is 0.189. The molecule has 0 fully saturated rings. The second kappa shape index (κ2) is 15.9. The van der Waals surface area contributed by atoms with Gasteiger partial charge in [-0.1, -0.05) is 51.9 Å². The molecule has 1 aromatic heterocycles. The minimum atomic E-state index is -0.564. The molecule has 1 unspecified atom stereocenters. The highest BCUT2D eigenvalue weighted by Crippen LogP contribution is 2.37. The number of amides is 2. The summed E-state index contributed by atoms with van der Waals surface area (Å²) in [7, 11) is 0. The number of nitrogens with zero attached hydrogens (tertiary/aromatic N) is 2. The molecule has 1 aliphatic heterocycles. The molecule has 8 heteroatoms. The Morgan fingerprint density at radius 3 is 2.31 bits per heavy atom. The third-order valence-electron chi connectivity index (χ3n) is 7.02. The van der Waals surface area contributed by atoms with Crippen molar-refractivity contribution in [2.45, 2.75) is 73.3 Å². The van der Waals surface area contributed by atoms with Gasteiger partial charge in [0.1, 0.15) is 6.29 Å². The van der Waals surface area contributed by atoms with Gasteiger partial charge in [-0.3, -0.25) is 19.5 Å². The van der Waals surface area contributed by atoms with Crippen LogP contribution in [0.1, 0.15) is 77.1 Å². The van der Waals surface area contributed by atoms with Gasteiger partial charge in [0.05, 0.1) is 17.4 Å². The predicted octanol–water partition coefficient (Wildman–Crippen LogP) is 6.76. The number of halogens is 1. The molecular formula is C34H43ClN4O3. The average Bonchev–Trinajstić information content (AvgIpc) is 3.09. The number of pyridine rings is 1. The summed E-state index contributed by atoms with van der Waals surface area (Å²) < 4.78 is 0. The quantitative estimate of drug-likeness (QED) is 0.235. The van der Waals surface area contributed by atoms with Crippen molar-refractivity contribution in [2.24, 2.45) is 11.1 Å². The number of aryl methyl sites for hydroxylation is 2. The van der Waals surface area contributed by atoms with E-state index in [-0.39, 0.29) is 11.3 Å². The minimum Gasteiger partial charge on any atom is -0.366 e. The van der Waals surface area contributed by atoms with Gasteiger partial charge in [-0.2, -0.15) is 0 Å². The number of rotatable bonds is 10. The van der Waals surface area contributed by atoms with Crippen LogP contribution in [0.15, 0.2) is 90.2 Å². The molecule has 0 saturated heterocycles. The molecule has 0 saturated carbocycles. The Morgan fingerprint density at radius 2 is 1.81 bits per heavy atom. The van der Waals surface area contributed by atoms with E-state index >= 15 is 0 Å². The van der Waals surface area contributed by atoms with Crippen LogP contribution in [0.3, 0.4) is 0 Å². The number of aldehydes is 1. The smallest absolute Gasteiger partial charge is 0.244 e. The zero-order valence-corrected chi connectivity index (χ0v) is 26.3. The fourth-order valence-electron chi connectivity index (χ4n) is 4.73. The summed E-state index contributed by atoms with van der Waals surface area (Å²) in [6.45, 7) is 15.2. The molecule has 0 spiro atoms. The van der Waals surface area contributed by atoms with Crippen LogP contribution in [0.4, 0.5) is 0 Å². The lowest BCUT2D eigenvalue weighted by molar-refractivity contribution is -0.128. The molecule has 1 aliphatic rings. The Balaban J connectivity index is 0.000000661. The van der Waals surface area contributed by atoms with E-state index in [9.17, 15) is 14.4 Å². The van der Waals surface area contributed by atoms with Gasteiger partial charge in [0.2, 0.25) is 11.8 Å². The molecule has 1 atom stereocenters. The third kappa shape index (κ3) is 9.55. The summed E-state index contributed by atoms with van der Waals surface area (Å²) in [5.74, 6) is -0.753. The Hall–Kier alpha value is -3.97. The van der Waals surface area contributed by atoms with Gasteiger partial charge in [0.25, 0.3) is 0 Å². The number of nitrogens with one attached hydrogen (secondary N) is 1. The van der Waals surface area contributed by atoms with Crippen LogP contribution in [-0.4, -0.2) is 28.0 Å². The molecule has 0 bridgehead atoms. The summed E-state index contributed by atoms with van der Waals surface area (Å²) in [5, 5.41) is 4.02. The van der Waals surface area contributed by atoms with E-state index < -0.39 is 11.9 Å². The molecule has 3 N–H and O–H groups in total. The first kappa shape index (κ1) is 34.2. The number of primary amides is 1. The summed E-state index contributed by atoms with van der Waals surface area (Å²) in [6.07, 6.45) is 12.5. The van der Waals surface area contributed by atoms with Crippen molar-refractivity contribution in [2.75, 3.05) is 0 Å². The number of benzene rings is 1. The molecule has 0 radical (unpaired) electrons. The molecule has 224 valence electrons. The first-order chi connectivity index (χ1) is 19.9. The number of allylic oxidation sites excluding steroid dienone is 3. The van der Waals surface area contributed by atoms with Crippen molar-refractivity contribution in [3.8, 4) is 0 Å². The number of hydrogen-bond acceptors (Lipinski definition) is 5. The molecule has 1 aromatic carbocycles. The van der Waals surface area contributed by atoms with Gasteiger partial charge >= 0.3 is 0 Å². The Bertz CT molecular complexity index is 1380. The molecule has 2 aromatic rings. The van der Waals surface area contributed by atoms with Gasteiger partial charge in [-0.25, -0.2) is 0 Å². The van der Waals surface area contributed by atoms with Crippen molar-refractivity contribution in [3.63, 3.8) is 0 Å². The van der Waals surface area contributed by atoms with Crippen molar-refractivity contribution >= 4 is 29.7 Å². The fraction of sp³-hybridized carbons (Fsp3) is 0.353. The maximum atomic E-state index is 13.0. The SMILES string of the molecule is C=CC1=C(/C=C(\C)C(N)=O)NC(CC(C)(C)CC=O)=CC(c2ccc(Cl)cc2CC)N1C(C)=O.CCc1ccncc1. The van der Waals surface area contributed by atoms with E-state index in [0.29, 0.717) is 34.8 Å². The van der Waals surface area contributed by atoms with Gasteiger partial charge in [-0.05, 0) is 90.8 Å². The monoisotopic (exact) mass is 590 g/mol. The van der Waals surface area contributed by atoms with Crippen LogP contribution < -0.4 is 11.1 Å². The van der Waals surface area contributed by atoms with E-state index in [2.05, 4.69) is 23.8 Å². The Labute approximate surface area is 255 Å². The van der Waals surface area contributed by atoms with Crippen molar-refractivity contribution in [1.29, 1.82) is 0 Å². The second-order valence-electron chi connectivity index (χ2n) is 11.0. The molecule has 7 nitrogen and oxygen atoms in total. The highest BCUT2D eigenvalue weighted by atomic mass is 35.5. The third-order valence-corrected chi connectivity index (χ3v) is 7.25. The first-order valence-electron chi connectivity index (χ1n) is 14.1. The first-order valence-corrected chi connectivity index (χ1v) is 14.5. The van der Waals surface area contributed by atoms with E-state index in [0.717, 1.165) is 36.0 Å². The largest absolute Gasteiger partial charge is 0.366 e. The summed E-state index contributed by atoms with van der Waals surface area (Å²) in [4.78, 5) is 41.6. The summed E-state index contributed by atoms with van der Waals surface area (Å²) in [6, 6.07) is 9.26. The topological polar surface area (TPSA) is 105 Å². The van der Waals surface area contributed by atoms with Crippen LogP contribution in [0, 0.1) is 5.41 Å². The van der Waals surface area contributed by atoms with Gasteiger partial charge in [0, 0.05) is 42.0 Å². The van der Waals surface area contributed by atoms with Crippen LogP contribution in [0.25, 0.3) is 0 Å². The predicted molar refractivity (Wildman–Crippen MR) is 170 cm³/mol. The Morgan fingerprint density at radius 1 is 1.14 bits per heavy atom. The number of carbonyl (C=O) groups excluding carboxylic acids is 3. The zero-order chi connectivity index (χ0) is 31.4. The van der Waals surface area contributed by atoms with Gasteiger partial charge < -0.3 is 15.8 Å². The van der Waals surface area contributed by atoms with Gasteiger partial charge in [-0.15, -0.1) is 0 Å². The van der Waals surface area contributed by atoms with Gasteiger partial charge in [0.15, 0.2) is 0 Å². The molecule has 2 heterocycles. The Kier molecular flexibility index (Phi) is 12.9. The lowest BCUT2D eigenvalue weighted by Gasteiger charge is -2.31. The summed E-state index contributed by atoms with van der Waals surface area (Å²) >= 11 is 6.26. The second-order valence-corrected chi connectivity index (χ2v) is 11.4. The molecule has 0 aliphatic carbocycles. The fourth-order valence-corrected chi connectivity index (χ4v) is 4.92. The summed E-state index contributed by atoms with van der Waals surface area (Å²) in [5.41, 5.74) is 10.7. The van der Waals surface area contributed by atoms with Crippen LogP contribution in [0.2, 0.25) is 5.02 Å². The molecule has 3 rings (SSSR count). The average molecular weight is 591 g/mol. The normalized spacial score (nSPS) is 15.5. The molecule has 42 heavy (non-hydrogen) atoms.